The van der Waals surface area contributed by atoms with Gasteiger partial charge in [0.15, 0.2) is 5.58 Å². The summed E-state index contributed by atoms with van der Waals surface area (Å²) >= 11 is 0. The standard InChI is InChI=1S/C85H74N2O2/c1-81(2,3)52-29-37-56(38-30-52)86(57-39-31-53(32-40-57)82(4,5)6)73-50-72-78(67-49-77-66(48-65(67)73)62-23-15-19-27-75(62)88-77)68-47-64-51(45-71(68)85(72)69-25-17-13-21-60(69)61-22-14-18-26-70(61)85)46-74(80-79(64)63-24-16-20-28-76(63)89-80)87(58-41-33-54(34-42-58)83(7,8)9)59-43-35-55(36-44-59)84(10,11)12/h13-50H,1-12H3. The normalized spacial score (nSPS) is 13.7. The van der Waals surface area contributed by atoms with Crippen LogP contribution in [0, 0.1) is 0 Å². The molecular weight excluding hydrogens is 1080 g/mol. The van der Waals surface area contributed by atoms with E-state index in [0.29, 0.717) is 0 Å². The molecule has 0 amide bonds. The number of nitrogens with zero attached hydrogens (tertiary/aromatic N) is 2. The number of hydrogen-bond acceptors (Lipinski definition) is 4. The number of rotatable bonds is 6. The van der Waals surface area contributed by atoms with E-state index in [9.17, 15) is 0 Å². The van der Waals surface area contributed by atoms with E-state index in [-0.39, 0.29) is 21.7 Å². The third kappa shape index (κ3) is 8.32. The lowest BCUT2D eigenvalue weighted by atomic mass is 9.70. The molecule has 1 spiro atoms. The van der Waals surface area contributed by atoms with Gasteiger partial charge in [0.2, 0.25) is 0 Å². The van der Waals surface area contributed by atoms with Crippen molar-refractivity contribution in [2.45, 2.75) is 110 Å². The number of para-hydroxylation sites is 2. The van der Waals surface area contributed by atoms with E-state index >= 15 is 0 Å². The van der Waals surface area contributed by atoms with Crippen LogP contribution in [0.3, 0.4) is 0 Å². The van der Waals surface area contributed by atoms with E-state index in [0.717, 1.165) is 99.5 Å². The van der Waals surface area contributed by atoms with E-state index < -0.39 is 5.41 Å². The van der Waals surface area contributed by atoms with Crippen LogP contribution in [0.5, 0.6) is 0 Å². The van der Waals surface area contributed by atoms with E-state index in [4.69, 9.17) is 8.83 Å². The summed E-state index contributed by atoms with van der Waals surface area (Å²) in [5.41, 5.74) is 24.1. The average molecular weight is 1160 g/mol. The van der Waals surface area contributed by atoms with Gasteiger partial charge in [0.05, 0.1) is 16.8 Å². The van der Waals surface area contributed by atoms with E-state index in [2.05, 4.69) is 323 Å². The molecule has 4 heteroatoms. The average Bonchev–Trinajstić information content (AvgIpc) is 1.50. The van der Waals surface area contributed by atoms with Crippen molar-refractivity contribution in [3.05, 3.63) is 275 Å². The van der Waals surface area contributed by atoms with Crippen LogP contribution in [0.15, 0.2) is 239 Å². The minimum atomic E-state index is -0.742. The van der Waals surface area contributed by atoms with Gasteiger partial charge in [-0.25, -0.2) is 0 Å². The van der Waals surface area contributed by atoms with Gasteiger partial charge >= 0.3 is 0 Å². The summed E-state index contributed by atoms with van der Waals surface area (Å²) in [6, 6.07) is 87.4. The topological polar surface area (TPSA) is 32.8 Å². The van der Waals surface area contributed by atoms with Crippen molar-refractivity contribution < 1.29 is 8.83 Å². The molecule has 0 N–H and O–H groups in total. The summed E-state index contributed by atoms with van der Waals surface area (Å²) in [4.78, 5) is 4.95. The second-order valence-electron chi connectivity index (χ2n) is 29.3. The number of hydrogen-bond donors (Lipinski definition) is 0. The molecule has 0 fully saturated rings. The molecule has 436 valence electrons. The second-order valence-corrected chi connectivity index (χ2v) is 29.3. The Hall–Kier alpha value is -9.64. The molecule has 12 aromatic carbocycles. The molecule has 0 bridgehead atoms. The zero-order chi connectivity index (χ0) is 61.3. The van der Waals surface area contributed by atoms with Crippen molar-refractivity contribution in [2.75, 3.05) is 9.80 Å². The number of anilines is 6. The van der Waals surface area contributed by atoms with E-state index in [1.807, 2.05) is 0 Å². The molecule has 2 heterocycles. The highest BCUT2D eigenvalue weighted by atomic mass is 16.3. The van der Waals surface area contributed by atoms with Crippen molar-refractivity contribution in [3.8, 4) is 22.3 Å². The lowest BCUT2D eigenvalue weighted by Gasteiger charge is -2.33. The van der Waals surface area contributed by atoms with Gasteiger partial charge in [-0.3, -0.25) is 0 Å². The molecule has 0 radical (unpaired) electrons. The minimum absolute atomic E-state index is 0.0180. The maximum atomic E-state index is 7.31. The first-order valence-electron chi connectivity index (χ1n) is 31.7. The van der Waals surface area contributed by atoms with Crippen LogP contribution in [0.1, 0.15) is 128 Å². The van der Waals surface area contributed by atoms with E-state index in [1.54, 1.807) is 0 Å². The molecule has 14 aromatic rings. The first-order valence-corrected chi connectivity index (χ1v) is 31.7. The fourth-order valence-corrected chi connectivity index (χ4v) is 15.0. The Morgan fingerprint density at radius 3 is 1.22 bits per heavy atom. The molecule has 2 aromatic heterocycles. The molecule has 0 aliphatic heterocycles. The summed E-state index contributed by atoms with van der Waals surface area (Å²) in [5, 5.41) is 8.93. The maximum Gasteiger partial charge on any atom is 0.160 e. The first kappa shape index (κ1) is 54.7. The summed E-state index contributed by atoms with van der Waals surface area (Å²) in [6.45, 7) is 27.5. The Morgan fingerprint density at radius 1 is 0.292 bits per heavy atom. The van der Waals surface area contributed by atoms with Gasteiger partial charge < -0.3 is 18.6 Å². The summed E-state index contributed by atoms with van der Waals surface area (Å²) in [6.07, 6.45) is 0. The predicted octanol–water partition coefficient (Wildman–Crippen LogP) is 24.3. The van der Waals surface area contributed by atoms with Crippen LogP contribution < -0.4 is 9.80 Å². The van der Waals surface area contributed by atoms with E-state index in [1.165, 1.54) is 66.8 Å². The Morgan fingerprint density at radius 2 is 0.730 bits per heavy atom. The van der Waals surface area contributed by atoms with Crippen molar-refractivity contribution in [1.82, 2.24) is 0 Å². The monoisotopic (exact) mass is 1150 g/mol. The zero-order valence-electron chi connectivity index (χ0n) is 53.2. The van der Waals surface area contributed by atoms with Crippen molar-refractivity contribution in [1.29, 1.82) is 0 Å². The number of fused-ring (bicyclic) bond motifs is 20. The lowest BCUT2D eigenvalue weighted by Crippen LogP contribution is -2.26. The number of furan rings is 2. The van der Waals surface area contributed by atoms with Crippen molar-refractivity contribution in [2.24, 2.45) is 0 Å². The molecule has 2 aliphatic carbocycles. The highest BCUT2D eigenvalue weighted by Gasteiger charge is 2.53. The van der Waals surface area contributed by atoms with Gasteiger partial charge in [-0.15, -0.1) is 0 Å². The summed E-state index contributed by atoms with van der Waals surface area (Å²) < 4.78 is 14.3. The van der Waals surface area contributed by atoms with Crippen LogP contribution in [0.4, 0.5) is 34.1 Å². The fraction of sp³-hybridized carbons (Fsp3) is 0.200. The second kappa shape index (κ2) is 19.2. The van der Waals surface area contributed by atoms with Crippen LogP contribution in [0.2, 0.25) is 0 Å². The van der Waals surface area contributed by atoms with Gasteiger partial charge in [0, 0.05) is 49.7 Å². The SMILES string of the molecule is CC(C)(C)c1ccc(N(c2ccc(C(C)(C)C)cc2)c2cc3c(c4cc5oc6ccccc6c5cc24)-c2cc4c(cc2C32c3ccccc3-c3ccccc32)cc(N(c2ccc(C(C)(C)C)cc2)c2ccc(C(C)(C)C)cc2)c2oc3ccccc3c24)cc1. The van der Waals surface area contributed by atoms with Crippen LogP contribution >= 0.6 is 0 Å². The molecule has 0 unspecified atom stereocenters. The van der Waals surface area contributed by atoms with Crippen LogP contribution in [-0.4, -0.2) is 0 Å². The molecule has 2 aliphatic rings. The van der Waals surface area contributed by atoms with Gasteiger partial charge in [-0.05, 0) is 202 Å². The third-order valence-electron chi connectivity index (χ3n) is 19.7. The smallest absolute Gasteiger partial charge is 0.160 e. The van der Waals surface area contributed by atoms with Gasteiger partial charge in [0.1, 0.15) is 16.7 Å². The van der Waals surface area contributed by atoms with Crippen molar-refractivity contribution in [3.63, 3.8) is 0 Å². The first-order chi connectivity index (χ1) is 42.6. The lowest BCUT2D eigenvalue weighted by molar-refractivity contribution is 0.590. The molecule has 89 heavy (non-hydrogen) atoms. The molecule has 16 rings (SSSR count). The van der Waals surface area contributed by atoms with Crippen molar-refractivity contribution >= 4 is 99.5 Å². The molecule has 0 atom stereocenters. The minimum Gasteiger partial charge on any atom is -0.456 e. The summed E-state index contributed by atoms with van der Waals surface area (Å²) in [7, 11) is 0. The molecular formula is C85H74N2O2. The molecule has 4 nitrogen and oxygen atoms in total. The summed E-state index contributed by atoms with van der Waals surface area (Å²) in [5.74, 6) is 0. The molecule has 0 saturated heterocycles. The highest BCUT2D eigenvalue weighted by Crippen LogP contribution is 2.66. The highest BCUT2D eigenvalue weighted by molar-refractivity contribution is 6.26. The number of benzene rings is 12. The Bertz CT molecular complexity index is 5040. The predicted molar refractivity (Wildman–Crippen MR) is 376 cm³/mol. The van der Waals surface area contributed by atoms with Crippen LogP contribution in [-0.2, 0) is 27.1 Å². The Balaban J connectivity index is 1.06. The quantitative estimate of drug-likeness (QED) is 0.166. The Labute approximate surface area is 522 Å². The maximum absolute atomic E-state index is 7.31. The third-order valence-corrected chi connectivity index (χ3v) is 19.7. The van der Waals surface area contributed by atoms with Gasteiger partial charge in [0.25, 0.3) is 0 Å². The largest absolute Gasteiger partial charge is 0.456 e. The molecule has 0 saturated carbocycles. The van der Waals surface area contributed by atoms with Crippen LogP contribution in [0.25, 0.3) is 87.7 Å². The van der Waals surface area contributed by atoms with Gasteiger partial charge in [-0.2, -0.15) is 0 Å². The fourth-order valence-electron chi connectivity index (χ4n) is 15.0. The van der Waals surface area contributed by atoms with Gasteiger partial charge in [-0.1, -0.05) is 217 Å². The zero-order valence-corrected chi connectivity index (χ0v) is 53.2. The Kier molecular flexibility index (Phi) is 11.8.